The van der Waals surface area contributed by atoms with E-state index in [1.165, 1.54) is 81.8 Å². The molecule has 6 rings (SSSR count). The number of aliphatic hydroxyl groups is 2. The van der Waals surface area contributed by atoms with Gasteiger partial charge in [0.2, 0.25) is 0 Å². The maximum atomic E-state index is 11.8. The van der Waals surface area contributed by atoms with Crippen LogP contribution in [-0.4, -0.2) is 28.2 Å². The second-order valence-electron chi connectivity index (χ2n) is 19.0. The quantitative estimate of drug-likeness (QED) is 0.196. The Hall–Kier alpha value is -0.900. The largest absolute Gasteiger partial charge is 0.393 e. The summed E-state index contributed by atoms with van der Waals surface area (Å²) in [6.07, 6.45) is 26.1. The molecule has 13 atom stereocenters. The predicted octanol–water partition coefficient (Wildman–Crippen LogP) is 10.7. The lowest BCUT2D eigenvalue weighted by Gasteiger charge is -2.51. The second-order valence-corrected chi connectivity index (χ2v) is 19.0. The van der Waals surface area contributed by atoms with Gasteiger partial charge in [-0.1, -0.05) is 62.6 Å². The Labute approximate surface area is 283 Å². The minimum atomic E-state index is -0.670. The summed E-state index contributed by atoms with van der Waals surface area (Å²) >= 11 is 0. The SMILES string of the molecule is C=C1C=C(C)CCC=CCC(C2CC(C(O)CC3CC4CC(C(C5CC5)C5CCCC5(C)C(O)OC(C)(C)C)C4C3)CCC2C)C1. The van der Waals surface area contributed by atoms with Crippen LogP contribution in [0, 0.1) is 70.5 Å². The number of rotatable bonds is 9. The maximum absolute atomic E-state index is 11.8. The van der Waals surface area contributed by atoms with Crippen LogP contribution in [0.5, 0.6) is 0 Å². The van der Waals surface area contributed by atoms with Crippen molar-refractivity contribution in [2.45, 2.75) is 162 Å². The molecule has 0 saturated heterocycles. The highest BCUT2D eigenvalue weighted by molar-refractivity contribution is 5.21. The van der Waals surface area contributed by atoms with Crippen molar-refractivity contribution in [3.63, 3.8) is 0 Å². The number of ether oxygens (including phenoxy) is 1. The third-order valence-electron chi connectivity index (χ3n) is 14.5. The van der Waals surface area contributed by atoms with Gasteiger partial charge in [-0.05, 0) is 183 Å². The van der Waals surface area contributed by atoms with Gasteiger partial charge >= 0.3 is 0 Å². The van der Waals surface area contributed by atoms with E-state index in [-0.39, 0.29) is 17.1 Å². The Balaban J connectivity index is 1.06. The van der Waals surface area contributed by atoms with Crippen molar-refractivity contribution in [2.75, 3.05) is 0 Å². The van der Waals surface area contributed by atoms with Gasteiger partial charge in [0.25, 0.3) is 0 Å². The summed E-state index contributed by atoms with van der Waals surface area (Å²) in [6.45, 7) is 17.8. The highest BCUT2D eigenvalue weighted by atomic mass is 16.6. The highest BCUT2D eigenvalue weighted by Crippen LogP contribution is 2.65. The first-order valence-corrected chi connectivity index (χ1v) is 19.9. The summed E-state index contributed by atoms with van der Waals surface area (Å²) in [5.41, 5.74) is 2.32. The summed E-state index contributed by atoms with van der Waals surface area (Å²) in [5.74, 6) is 7.99. The van der Waals surface area contributed by atoms with Gasteiger partial charge in [-0.25, -0.2) is 0 Å². The molecule has 0 heterocycles. The van der Waals surface area contributed by atoms with E-state index in [0.29, 0.717) is 29.6 Å². The fourth-order valence-corrected chi connectivity index (χ4v) is 12.0. The van der Waals surface area contributed by atoms with E-state index in [1.54, 1.807) is 0 Å². The van der Waals surface area contributed by atoms with Crippen LogP contribution >= 0.6 is 0 Å². The molecule has 13 unspecified atom stereocenters. The predicted molar refractivity (Wildman–Crippen MR) is 191 cm³/mol. The molecule has 3 heteroatoms. The molecule has 46 heavy (non-hydrogen) atoms. The molecule has 0 radical (unpaired) electrons. The molecule has 5 saturated carbocycles. The minimum Gasteiger partial charge on any atom is -0.393 e. The molecule has 6 aliphatic rings. The van der Waals surface area contributed by atoms with E-state index in [0.717, 1.165) is 67.6 Å². The summed E-state index contributed by atoms with van der Waals surface area (Å²) in [7, 11) is 0. The molecule has 0 aromatic heterocycles. The van der Waals surface area contributed by atoms with Crippen LogP contribution in [0.15, 0.2) is 36.0 Å². The van der Waals surface area contributed by atoms with Gasteiger partial charge < -0.3 is 14.9 Å². The van der Waals surface area contributed by atoms with Crippen molar-refractivity contribution in [2.24, 2.45) is 70.5 Å². The smallest absolute Gasteiger partial charge is 0.160 e. The molecule has 6 aliphatic carbocycles. The molecule has 0 aromatic carbocycles. The molecule has 0 aromatic rings. The van der Waals surface area contributed by atoms with Crippen LogP contribution in [-0.2, 0) is 4.74 Å². The Morgan fingerprint density at radius 1 is 0.957 bits per heavy atom. The summed E-state index contributed by atoms with van der Waals surface area (Å²) < 4.78 is 6.24. The molecular weight excluding hydrogens is 564 g/mol. The lowest BCUT2D eigenvalue weighted by molar-refractivity contribution is -0.236. The zero-order chi connectivity index (χ0) is 32.8. The summed E-state index contributed by atoms with van der Waals surface area (Å²) in [5, 5.41) is 23.2. The molecule has 0 bridgehead atoms. The molecule has 3 nitrogen and oxygen atoms in total. The van der Waals surface area contributed by atoms with Crippen LogP contribution in [0.4, 0.5) is 0 Å². The number of allylic oxidation sites excluding steroid dienone is 5. The van der Waals surface area contributed by atoms with E-state index in [9.17, 15) is 10.2 Å². The lowest BCUT2D eigenvalue weighted by atomic mass is 9.55. The zero-order valence-electron chi connectivity index (χ0n) is 30.6. The first-order valence-electron chi connectivity index (χ1n) is 19.9. The number of hydrogen-bond acceptors (Lipinski definition) is 3. The van der Waals surface area contributed by atoms with Crippen LogP contribution in [0.2, 0.25) is 0 Å². The Morgan fingerprint density at radius 2 is 1.72 bits per heavy atom. The highest BCUT2D eigenvalue weighted by Gasteiger charge is 2.59. The minimum absolute atomic E-state index is 0.124. The number of fused-ring (bicyclic) bond motifs is 1. The summed E-state index contributed by atoms with van der Waals surface area (Å²) in [6, 6.07) is 0. The van der Waals surface area contributed by atoms with Crippen LogP contribution < -0.4 is 0 Å². The summed E-state index contributed by atoms with van der Waals surface area (Å²) in [4.78, 5) is 0. The van der Waals surface area contributed by atoms with Gasteiger partial charge in [0.15, 0.2) is 6.29 Å². The number of hydrogen-bond donors (Lipinski definition) is 2. The van der Waals surface area contributed by atoms with E-state index < -0.39 is 6.29 Å². The van der Waals surface area contributed by atoms with E-state index >= 15 is 0 Å². The Morgan fingerprint density at radius 3 is 2.46 bits per heavy atom. The molecule has 0 amide bonds. The van der Waals surface area contributed by atoms with Gasteiger partial charge in [0, 0.05) is 5.41 Å². The maximum Gasteiger partial charge on any atom is 0.160 e. The Bertz CT molecular complexity index is 1110. The van der Waals surface area contributed by atoms with Crippen molar-refractivity contribution >= 4 is 0 Å². The van der Waals surface area contributed by atoms with Gasteiger partial charge in [0.05, 0.1) is 11.7 Å². The Kier molecular flexibility index (Phi) is 10.7. The molecule has 2 N–H and O–H groups in total. The van der Waals surface area contributed by atoms with Crippen molar-refractivity contribution < 1.29 is 14.9 Å². The number of aliphatic hydroxyl groups excluding tert-OH is 2. The molecule has 0 aliphatic heterocycles. The van der Waals surface area contributed by atoms with Gasteiger partial charge in [-0.15, -0.1) is 0 Å². The molecule has 0 spiro atoms. The van der Waals surface area contributed by atoms with Crippen molar-refractivity contribution in [3.8, 4) is 0 Å². The van der Waals surface area contributed by atoms with E-state index in [4.69, 9.17) is 4.74 Å². The van der Waals surface area contributed by atoms with Crippen molar-refractivity contribution in [1.29, 1.82) is 0 Å². The standard InChI is InChI=1S/C43H70O3/c1-27-12-9-8-10-13-32(21-28(2)20-27)35-25-33(16-15-29(35)3)39(44)24-30-22-34-26-37(36(34)23-30)40(31-17-18-31)38-14-11-19-43(38,7)41(45)46-42(4,5)6/h8,10,20,29-41,44-45H,2,9,11-19,21-26H2,1,3-7H3. The monoisotopic (exact) mass is 635 g/mol. The third-order valence-corrected chi connectivity index (χ3v) is 14.5. The van der Waals surface area contributed by atoms with Crippen LogP contribution in [0.3, 0.4) is 0 Å². The molecule has 5 fully saturated rings. The van der Waals surface area contributed by atoms with E-state index in [2.05, 4.69) is 66.3 Å². The second kappa shape index (κ2) is 14.1. The fourth-order valence-electron chi connectivity index (χ4n) is 12.0. The zero-order valence-corrected chi connectivity index (χ0v) is 30.6. The average molecular weight is 635 g/mol. The van der Waals surface area contributed by atoms with Crippen molar-refractivity contribution in [3.05, 3.63) is 36.0 Å². The van der Waals surface area contributed by atoms with E-state index in [1.807, 2.05) is 0 Å². The first-order chi connectivity index (χ1) is 21.8. The lowest BCUT2D eigenvalue weighted by Crippen LogP contribution is -2.49. The van der Waals surface area contributed by atoms with Crippen LogP contribution in [0.25, 0.3) is 0 Å². The van der Waals surface area contributed by atoms with Crippen molar-refractivity contribution in [1.82, 2.24) is 0 Å². The van der Waals surface area contributed by atoms with Gasteiger partial charge in [0.1, 0.15) is 0 Å². The fraction of sp³-hybridized carbons (Fsp3) is 0.860. The normalized spacial score (nSPS) is 42.6. The third kappa shape index (κ3) is 7.78. The first kappa shape index (κ1) is 34.9. The molecular formula is C43H70O3. The van der Waals surface area contributed by atoms with Crippen LogP contribution in [0.1, 0.15) is 144 Å². The van der Waals surface area contributed by atoms with Gasteiger partial charge in [-0.3, -0.25) is 0 Å². The topological polar surface area (TPSA) is 49.7 Å². The van der Waals surface area contributed by atoms with Gasteiger partial charge in [-0.2, -0.15) is 0 Å². The molecule has 260 valence electrons. The average Bonchev–Trinajstić information content (AvgIpc) is 3.66.